The van der Waals surface area contributed by atoms with Crippen LogP contribution in [0.4, 0.5) is 35.0 Å². The first-order chi connectivity index (χ1) is 19.7. The lowest BCUT2D eigenvalue weighted by molar-refractivity contribution is -0.137. The number of ether oxygens (including phenoxy) is 1. The number of piperidine rings is 1. The van der Waals surface area contributed by atoms with Crippen molar-refractivity contribution < 1.29 is 22.7 Å². The first-order valence-corrected chi connectivity index (χ1v) is 13.5. The van der Waals surface area contributed by atoms with Gasteiger partial charge in [-0.15, -0.1) is 0 Å². The number of carbonyl (C=O) groups excluding carboxylic acids is 1. The summed E-state index contributed by atoms with van der Waals surface area (Å²) in [5.41, 5.74) is 2.58. The molecule has 2 aromatic carbocycles. The van der Waals surface area contributed by atoms with Gasteiger partial charge in [0.05, 0.1) is 53.3 Å². The molecule has 0 saturated carbocycles. The van der Waals surface area contributed by atoms with E-state index in [1.807, 2.05) is 12.1 Å². The molecule has 0 unspecified atom stereocenters. The number of amides is 2. The second kappa shape index (κ2) is 11.8. The summed E-state index contributed by atoms with van der Waals surface area (Å²) in [6, 6.07) is 12.4. The molecule has 0 spiro atoms. The molecule has 5 rings (SSSR count). The summed E-state index contributed by atoms with van der Waals surface area (Å²) in [5.74, 6) is 0. The monoisotopic (exact) mass is 567 g/mol. The van der Waals surface area contributed by atoms with Crippen LogP contribution in [0.25, 0.3) is 5.69 Å². The van der Waals surface area contributed by atoms with Gasteiger partial charge in [0.15, 0.2) is 0 Å². The number of alkyl halides is 3. The van der Waals surface area contributed by atoms with Gasteiger partial charge >= 0.3 is 12.2 Å². The van der Waals surface area contributed by atoms with E-state index in [0.29, 0.717) is 34.4 Å². The van der Waals surface area contributed by atoms with Crippen LogP contribution >= 0.6 is 0 Å². The molecule has 1 N–H and O–H groups in total. The van der Waals surface area contributed by atoms with E-state index in [4.69, 9.17) is 4.74 Å². The predicted octanol–water partition coefficient (Wildman–Crippen LogP) is 5.04. The standard InChI is InChI=1S/C29H32F3N7O2/c1-20-26(19-34-39(20)24-5-3-22(4-6-24)29(30,31)32)35-28(40)36(2)25-7-8-27(21(17-25)18-33)38-11-9-23(10-12-38)37-13-15-41-16-14-37/h3-8,17,19,23H,9-16H2,1-2H3,(H,35,40). The van der Waals surface area contributed by atoms with Gasteiger partial charge in [0.25, 0.3) is 0 Å². The molecule has 0 aliphatic carbocycles. The van der Waals surface area contributed by atoms with Crippen LogP contribution < -0.4 is 15.1 Å². The third-order valence-electron chi connectivity index (χ3n) is 7.85. The molecule has 2 amide bonds. The molecule has 0 bridgehead atoms. The number of hydrogen-bond donors (Lipinski definition) is 1. The molecule has 0 radical (unpaired) electrons. The van der Waals surface area contributed by atoms with Crippen LogP contribution in [0, 0.1) is 18.3 Å². The highest BCUT2D eigenvalue weighted by Crippen LogP contribution is 2.31. The van der Waals surface area contributed by atoms with Crippen LogP contribution in [0.2, 0.25) is 0 Å². The summed E-state index contributed by atoms with van der Waals surface area (Å²) >= 11 is 0. The third-order valence-corrected chi connectivity index (χ3v) is 7.85. The van der Waals surface area contributed by atoms with Crippen molar-refractivity contribution in [2.75, 3.05) is 61.6 Å². The molecular formula is C29H32F3N7O2. The van der Waals surface area contributed by atoms with Crippen LogP contribution in [0.5, 0.6) is 0 Å². The van der Waals surface area contributed by atoms with E-state index < -0.39 is 17.8 Å². The van der Waals surface area contributed by atoms with E-state index in [2.05, 4.69) is 26.3 Å². The maximum Gasteiger partial charge on any atom is 0.416 e. The predicted molar refractivity (Wildman–Crippen MR) is 150 cm³/mol. The second-order valence-electron chi connectivity index (χ2n) is 10.3. The Labute approximate surface area is 236 Å². The molecule has 12 heteroatoms. The van der Waals surface area contributed by atoms with Crippen LogP contribution in [0.1, 0.15) is 29.7 Å². The first-order valence-electron chi connectivity index (χ1n) is 13.5. The number of nitrogens with one attached hydrogen (secondary N) is 1. The second-order valence-corrected chi connectivity index (χ2v) is 10.3. The van der Waals surface area contributed by atoms with E-state index in [-0.39, 0.29) is 0 Å². The van der Waals surface area contributed by atoms with Gasteiger partial charge in [-0.1, -0.05) is 0 Å². The van der Waals surface area contributed by atoms with E-state index >= 15 is 0 Å². The molecule has 41 heavy (non-hydrogen) atoms. The van der Waals surface area contributed by atoms with Gasteiger partial charge in [0.1, 0.15) is 6.07 Å². The third kappa shape index (κ3) is 6.16. The molecule has 3 heterocycles. The van der Waals surface area contributed by atoms with Crippen molar-refractivity contribution in [2.45, 2.75) is 32.0 Å². The summed E-state index contributed by atoms with van der Waals surface area (Å²) in [7, 11) is 1.61. The first kappa shape index (κ1) is 28.4. The van der Waals surface area contributed by atoms with Crippen LogP contribution in [-0.4, -0.2) is 73.2 Å². The Balaban J connectivity index is 1.24. The van der Waals surface area contributed by atoms with Crippen LogP contribution in [-0.2, 0) is 10.9 Å². The number of rotatable bonds is 5. The molecule has 2 fully saturated rings. The number of hydrogen-bond acceptors (Lipinski definition) is 6. The average molecular weight is 568 g/mol. The average Bonchev–Trinajstić information content (AvgIpc) is 3.35. The lowest BCUT2D eigenvalue weighted by atomic mass is 10.0. The maximum atomic E-state index is 13.1. The number of aromatic nitrogens is 2. The fraction of sp³-hybridized carbons (Fsp3) is 0.414. The number of carbonyl (C=O) groups is 1. The minimum absolute atomic E-state index is 0.419. The molecule has 2 saturated heterocycles. The Bertz CT molecular complexity index is 1420. The minimum atomic E-state index is -4.43. The number of halogens is 3. The zero-order chi connectivity index (χ0) is 29.1. The zero-order valence-electron chi connectivity index (χ0n) is 23.0. The van der Waals surface area contributed by atoms with E-state index in [1.165, 1.54) is 27.9 Å². The zero-order valence-corrected chi connectivity index (χ0v) is 23.0. The fourth-order valence-electron chi connectivity index (χ4n) is 5.41. The Hall–Kier alpha value is -4.08. The van der Waals surface area contributed by atoms with Crippen molar-refractivity contribution in [3.63, 3.8) is 0 Å². The highest BCUT2D eigenvalue weighted by atomic mass is 19.4. The van der Waals surface area contributed by atoms with Gasteiger partial charge in [-0.05, 0) is 62.2 Å². The van der Waals surface area contributed by atoms with Crippen molar-refractivity contribution in [3.05, 3.63) is 65.5 Å². The van der Waals surface area contributed by atoms with Gasteiger partial charge in [-0.2, -0.15) is 23.5 Å². The Morgan fingerprint density at radius 3 is 2.41 bits per heavy atom. The molecule has 2 aliphatic rings. The number of benzene rings is 2. The fourth-order valence-corrected chi connectivity index (χ4v) is 5.41. The summed E-state index contributed by atoms with van der Waals surface area (Å²) in [6.45, 7) is 6.91. The summed E-state index contributed by atoms with van der Waals surface area (Å²) in [4.78, 5) is 19.2. The van der Waals surface area contributed by atoms with E-state index in [0.717, 1.165) is 70.1 Å². The van der Waals surface area contributed by atoms with E-state index in [9.17, 15) is 23.2 Å². The highest BCUT2D eigenvalue weighted by Gasteiger charge is 2.30. The maximum absolute atomic E-state index is 13.1. The van der Waals surface area contributed by atoms with Crippen molar-refractivity contribution in [2.24, 2.45) is 0 Å². The summed E-state index contributed by atoms with van der Waals surface area (Å²) < 4.78 is 45.7. The number of morpholine rings is 1. The molecule has 1 aromatic heterocycles. The number of nitrogens with zero attached hydrogens (tertiary/aromatic N) is 6. The Morgan fingerprint density at radius 1 is 1.10 bits per heavy atom. The Morgan fingerprint density at radius 2 is 1.78 bits per heavy atom. The van der Waals surface area contributed by atoms with E-state index in [1.54, 1.807) is 20.0 Å². The summed E-state index contributed by atoms with van der Waals surface area (Å²) in [5, 5.41) is 16.9. The van der Waals surface area contributed by atoms with Crippen molar-refractivity contribution in [3.8, 4) is 11.8 Å². The number of urea groups is 1. The van der Waals surface area contributed by atoms with Gasteiger partial charge in [-0.3, -0.25) is 9.80 Å². The molecule has 9 nitrogen and oxygen atoms in total. The quantitative estimate of drug-likeness (QED) is 0.465. The molecule has 2 aliphatic heterocycles. The molecule has 216 valence electrons. The molecular weight excluding hydrogens is 535 g/mol. The Kier molecular flexibility index (Phi) is 8.19. The van der Waals surface area contributed by atoms with Crippen LogP contribution in [0.3, 0.4) is 0 Å². The van der Waals surface area contributed by atoms with Gasteiger partial charge in [0, 0.05) is 45.0 Å². The number of nitriles is 1. The van der Waals surface area contributed by atoms with Crippen molar-refractivity contribution in [1.29, 1.82) is 5.26 Å². The normalized spacial score (nSPS) is 16.8. The minimum Gasteiger partial charge on any atom is -0.379 e. The topological polar surface area (TPSA) is 89.7 Å². The molecule has 0 atom stereocenters. The van der Waals surface area contributed by atoms with Crippen LogP contribution in [0.15, 0.2) is 48.7 Å². The largest absolute Gasteiger partial charge is 0.416 e. The van der Waals surface area contributed by atoms with Crippen molar-refractivity contribution in [1.82, 2.24) is 14.7 Å². The highest BCUT2D eigenvalue weighted by molar-refractivity contribution is 6.01. The smallest absolute Gasteiger partial charge is 0.379 e. The van der Waals surface area contributed by atoms with Crippen molar-refractivity contribution >= 4 is 23.1 Å². The van der Waals surface area contributed by atoms with Gasteiger partial charge in [0.2, 0.25) is 0 Å². The summed E-state index contributed by atoms with van der Waals surface area (Å²) in [6.07, 6.45) is -0.934. The molecule has 3 aromatic rings. The van der Waals surface area contributed by atoms with Gasteiger partial charge in [-0.25, -0.2) is 9.48 Å². The van der Waals surface area contributed by atoms with Gasteiger partial charge < -0.3 is 15.0 Å². The number of anilines is 3. The SMILES string of the molecule is Cc1c(NC(=O)N(C)c2ccc(N3CCC(N4CCOCC4)CC3)c(C#N)c2)cnn1-c1ccc(C(F)(F)F)cc1. The lowest BCUT2D eigenvalue weighted by Gasteiger charge is -2.41. The lowest BCUT2D eigenvalue weighted by Crippen LogP contribution is -2.49.